The van der Waals surface area contributed by atoms with E-state index in [1.165, 1.54) is 0 Å². The zero-order valence-electron chi connectivity index (χ0n) is 15.8. The van der Waals surface area contributed by atoms with Crippen LogP contribution >= 0.6 is 0 Å². The van der Waals surface area contributed by atoms with E-state index in [4.69, 9.17) is 8.83 Å². The van der Waals surface area contributed by atoms with E-state index in [9.17, 15) is 4.79 Å². The summed E-state index contributed by atoms with van der Waals surface area (Å²) >= 11 is 0. The number of likely N-dealkylation sites (N-methyl/N-ethyl adjacent to an activating group) is 1. The first-order valence-electron chi connectivity index (χ1n) is 9.05. The number of nitrogens with one attached hydrogen (secondary N) is 1. The van der Waals surface area contributed by atoms with Crippen molar-refractivity contribution in [2.24, 2.45) is 0 Å². The molecule has 0 spiro atoms. The van der Waals surface area contributed by atoms with Gasteiger partial charge in [0, 0.05) is 11.9 Å². The van der Waals surface area contributed by atoms with Crippen molar-refractivity contribution in [3.63, 3.8) is 0 Å². The molecule has 0 unspecified atom stereocenters. The number of nitrogens with zero attached hydrogens (tertiary/aromatic N) is 2. The van der Waals surface area contributed by atoms with Crippen LogP contribution in [0.4, 0.5) is 0 Å². The number of carbonyl (C=O) groups excluding carboxylic acids is 1. The molecule has 1 amide bonds. The topological polar surface area (TPSA) is 71.5 Å². The second kappa shape index (κ2) is 7.70. The van der Waals surface area contributed by atoms with E-state index in [1.807, 2.05) is 61.5 Å². The van der Waals surface area contributed by atoms with Crippen molar-refractivity contribution in [2.75, 3.05) is 20.6 Å². The van der Waals surface area contributed by atoms with Crippen molar-refractivity contribution >= 4 is 16.8 Å². The number of amides is 1. The highest BCUT2D eigenvalue weighted by atomic mass is 16.3. The van der Waals surface area contributed by atoms with Crippen LogP contribution in [0.1, 0.15) is 22.2 Å². The first-order valence-corrected chi connectivity index (χ1v) is 9.05. The van der Waals surface area contributed by atoms with Crippen LogP contribution in [-0.4, -0.2) is 36.4 Å². The summed E-state index contributed by atoms with van der Waals surface area (Å²) in [5, 5.41) is 3.83. The minimum Gasteiger partial charge on any atom is -0.468 e. The van der Waals surface area contributed by atoms with Gasteiger partial charge in [-0.15, -0.1) is 0 Å². The lowest BCUT2D eigenvalue weighted by Gasteiger charge is -2.22. The van der Waals surface area contributed by atoms with Crippen LogP contribution in [0, 0.1) is 0 Å². The third-order valence-electron chi connectivity index (χ3n) is 4.69. The maximum atomic E-state index is 13.1. The highest BCUT2D eigenvalue weighted by Crippen LogP contribution is 2.25. The van der Waals surface area contributed by atoms with Crippen molar-refractivity contribution in [1.82, 2.24) is 15.2 Å². The van der Waals surface area contributed by atoms with Crippen LogP contribution in [0.25, 0.3) is 22.4 Å². The van der Waals surface area contributed by atoms with Gasteiger partial charge in [-0.25, -0.2) is 4.98 Å². The van der Waals surface area contributed by atoms with Gasteiger partial charge in [0.15, 0.2) is 5.76 Å². The standard InChI is InChI=1S/C22H21N3O3/c1-25(2)19(21-10-6-12-28-21)14-23-22(26)16-13-18(20-9-5-11-27-20)24-17-8-4-3-7-15(16)17/h3-13,19H,14H2,1-2H3,(H,23,26)/t19-/m1/s1. The summed E-state index contributed by atoms with van der Waals surface area (Å²) in [6.07, 6.45) is 3.23. The zero-order valence-corrected chi connectivity index (χ0v) is 15.8. The summed E-state index contributed by atoms with van der Waals surface area (Å²) in [5.41, 5.74) is 1.94. The molecule has 6 nitrogen and oxygen atoms in total. The molecular formula is C22H21N3O3. The Hall–Kier alpha value is -3.38. The summed E-state index contributed by atoms with van der Waals surface area (Å²) in [5.74, 6) is 1.27. The van der Waals surface area contributed by atoms with Crippen LogP contribution < -0.4 is 5.32 Å². The zero-order chi connectivity index (χ0) is 19.5. The monoisotopic (exact) mass is 375 g/mol. The fourth-order valence-corrected chi connectivity index (χ4v) is 3.22. The predicted molar refractivity (Wildman–Crippen MR) is 107 cm³/mol. The lowest BCUT2D eigenvalue weighted by atomic mass is 10.1. The number of hydrogen-bond donors (Lipinski definition) is 1. The number of para-hydroxylation sites is 1. The molecule has 0 fully saturated rings. The largest absolute Gasteiger partial charge is 0.468 e. The average Bonchev–Trinajstić information content (AvgIpc) is 3.41. The summed E-state index contributed by atoms with van der Waals surface area (Å²) < 4.78 is 11.0. The molecule has 6 heteroatoms. The molecule has 4 aromatic rings. The molecule has 3 aromatic heterocycles. The van der Waals surface area contributed by atoms with E-state index in [0.717, 1.165) is 16.7 Å². The van der Waals surface area contributed by atoms with Crippen LogP contribution in [-0.2, 0) is 0 Å². The minimum atomic E-state index is -0.162. The molecule has 4 rings (SSSR count). The fraction of sp³-hybridized carbons (Fsp3) is 0.182. The van der Waals surface area contributed by atoms with E-state index in [-0.39, 0.29) is 11.9 Å². The van der Waals surface area contributed by atoms with Crippen LogP contribution in [0.3, 0.4) is 0 Å². The molecule has 0 aliphatic rings. The molecular weight excluding hydrogens is 354 g/mol. The third-order valence-corrected chi connectivity index (χ3v) is 4.69. The Bertz CT molecular complexity index is 1070. The molecule has 28 heavy (non-hydrogen) atoms. The van der Waals surface area contributed by atoms with Crippen LogP contribution in [0.2, 0.25) is 0 Å². The number of aromatic nitrogens is 1. The Morgan fingerprint density at radius 3 is 2.57 bits per heavy atom. The van der Waals surface area contributed by atoms with Crippen molar-refractivity contribution in [1.29, 1.82) is 0 Å². The summed E-state index contributed by atoms with van der Waals surface area (Å²) in [7, 11) is 3.91. The van der Waals surface area contributed by atoms with Crippen molar-refractivity contribution in [2.45, 2.75) is 6.04 Å². The van der Waals surface area contributed by atoms with Gasteiger partial charge in [-0.2, -0.15) is 0 Å². The summed E-state index contributed by atoms with van der Waals surface area (Å²) in [6.45, 7) is 0.423. The van der Waals surface area contributed by atoms with Crippen molar-refractivity contribution in [3.8, 4) is 11.5 Å². The molecule has 0 aliphatic heterocycles. The van der Waals surface area contributed by atoms with E-state index in [1.54, 1.807) is 24.7 Å². The van der Waals surface area contributed by atoms with Gasteiger partial charge < -0.3 is 14.2 Å². The summed E-state index contributed by atoms with van der Waals surface area (Å²) in [4.78, 5) is 19.7. The van der Waals surface area contributed by atoms with Gasteiger partial charge in [0.25, 0.3) is 5.91 Å². The average molecular weight is 375 g/mol. The Labute approximate surface area is 162 Å². The molecule has 3 heterocycles. The van der Waals surface area contributed by atoms with Gasteiger partial charge in [0.05, 0.1) is 29.6 Å². The lowest BCUT2D eigenvalue weighted by molar-refractivity contribution is 0.0940. The Kier molecular flexibility index (Phi) is 4.95. The third kappa shape index (κ3) is 3.54. The van der Waals surface area contributed by atoms with Gasteiger partial charge >= 0.3 is 0 Å². The van der Waals surface area contributed by atoms with Crippen LogP contribution in [0.5, 0.6) is 0 Å². The van der Waals surface area contributed by atoms with Gasteiger partial charge in [0.2, 0.25) is 0 Å². The Balaban J connectivity index is 1.65. The molecule has 1 aromatic carbocycles. The number of pyridine rings is 1. The number of fused-ring (bicyclic) bond motifs is 1. The number of hydrogen-bond acceptors (Lipinski definition) is 5. The maximum Gasteiger partial charge on any atom is 0.252 e. The molecule has 0 radical (unpaired) electrons. The lowest BCUT2D eigenvalue weighted by Crippen LogP contribution is -2.34. The molecule has 1 atom stereocenters. The molecule has 0 aliphatic carbocycles. The SMILES string of the molecule is CN(C)[C@H](CNC(=O)c1cc(-c2ccco2)nc2ccccc12)c1ccco1. The Morgan fingerprint density at radius 1 is 1.07 bits per heavy atom. The number of rotatable bonds is 6. The first-order chi connectivity index (χ1) is 13.6. The molecule has 0 bridgehead atoms. The van der Waals surface area contributed by atoms with E-state index in [2.05, 4.69) is 10.3 Å². The number of benzene rings is 1. The molecule has 0 saturated heterocycles. The van der Waals surface area contributed by atoms with Gasteiger partial charge in [-0.3, -0.25) is 9.69 Å². The summed E-state index contributed by atoms with van der Waals surface area (Å²) in [6, 6.07) is 16.7. The quantitative estimate of drug-likeness (QED) is 0.549. The minimum absolute atomic E-state index is 0.0587. The van der Waals surface area contributed by atoms with E-state index >= 15 is 0 Å². The normalized spacial score (nSPS) is 12.4. The highest BCUT2D eigenvalue weighted by molar-refractivity contribution is 6.07. The molecule has 142 valence electrons. The van der Waals surface area contributed by atoms with Crippen LogP contribution in [0.15, 0.2) is 76.0 Å². The smallest absolute Gasteiger partial charge is 0.252 e. The molecule has 1 N–H and O–H groups in total. The van der Waals surface area contributed by atoms with Crippen molar-refractivity contribution in [3.05, 3.63) is 78.4 Å². The maximum absolute atomic E-state index is 13.1. The number of furan rings is 2. The van der Waals surface area contributed by atoms with E-state index in [0.29, 0.717) is 23.6 Å². The van der Waals surface area contributed by atoms with Gasteiger partial charge in [-0.05, 0) is 50.5 Å². The second-order valence-corrected chi connectivity index (χ2v) is 6.75. The van der Waals surface area contributed by atoms with Crippen molar-refractivity contribution < 1.29 is 13.6 Å². The number of carbonyl (C=O) groups is 1. The first kappa shape index (κ1) is 18.0. The second-order valence-electron chi connectivity index (χ2n) is 6.75. The van der Waals surface area contributed by atoms with E-state index < -0.39 is 0 Å². The van der Waals surface area contributed by atoms with Gasteiger partial charge in [-0.1, -0.05) is 18.2 Å². The highest BCUT2D eigenvalue weighted by Gasteiger charge is 2.20. The predicted octanol–water partition coefficient (Wildman–Crippen LogP) is 4.12. The molecule has 0 saturated carbocycles. The fourth-order valence-electron chi connectivity index (χ4n) is 3.22. The Morgan fingerprint density at radius 2 is 1.86 bits per heavy atom. The van der Waals surface area contributed by atoms with Gasteiger partial charge in [0.1, 0.15) is 11.5 Å².